The molecule has 0 spiro atoms. The molecule has 2 nitrogen and oxygen atoms in total. The van der Waals surface area contributed by atoms with Crippen LogP contribution in [0.4, 0.5) is 0 Å². The van der Waals surface area contributed by atoms with Crippen LogP contribution in [0.25, 0.3) is 0 Å². The number of aliphatic hydroxyl groups excluding tert-OH is 2. The number of unbranched alkanes of at least 4 members (excludes halogenated alkanes) is 28. The quantitative estimate of drug-likeness (QED) is 0.0664. The molecule has 0 radical (unpaired) electrons. The molecule has 1 saturated carbocycles. The third-order valence-corrected chi connectivity index (χ3v) is 12.2. The average molecular weight is 649 g/mol. The lowest BCUT2D eigenvalue weighted by Gasteiger charge is -2.66. The Hall–Kier alpha value is -0.0800. The summed E-state index contributed by atoms with van der Waals surface area (Å²) in [5.41, 5.74) is -0.491. The minimum Gasteiger partial charge on any atom is -0.392 e. The first-order chi connectivity index (χ1) is 22.6. The molecule has 0 aromatic rings. The molecule has 276 valence electrons. The van der Waals surface area contributed by atoms with E-state index < -0.39 is 0 Å². The topological polar surface area (TPSA) is 40.5 Å². The van der Waals surface area contributed by atoms with Gasteiger partial charge in [-0.25, -0.2) is 0 Å². The maximum absolute atomic E-state index is 12.3. The van der Waals surface area contributed by atoms with Gasteiger partial charge in [-0.1, -0.05) is 233 Å². The van der Waals surface area contributed by atoms with Crippen molar-refractivity contribution in [1.82, 2.24) is 0 Å². The van der Waals surface area contributed by atoms with E-state index in [9.17, 15) is 10.2 Å². The van der Waals surface area contributed by atoms with Crippen LogP contribution in [0.2, 0.25) is 0 Å². The molecule has 0 aromatic carbocycles. The van der Waals surface area contributed by atoms with Crippen molar-refractivity contribution in [2.24, 2.45) is 10.8 Å². The van der Waals surface area contributed by atoms with Crippen LogP contribution in [0.3, 0.4) is 0 Å². The van der Waals surface area contributed by atoms with Crippen molar-refractivity contribution >= 4 is 0 Å². The second-order valence-electron chi connectivity index (χ2n) is 16.2. The summed E-state index contributed by atoms with van der Waals surface area (Å²) in [4.78, 5) is 0. The van der Waals surface area contributed by atoms with E-state index in [1.54, 1.807) is 0 Å². The number of rotatable bonds is 36. The first-order valence-corrected chi connectivity index (χ1v) is 21.9. The molecule has 0 bridgehead atoms. The maximum atomic E-state index is 12.3. The second-order valence-corrected chi connectivity index (χ2v) is 16.2. The Morgan fingerprint density at radius 1 is 0.261 bits per heavy atom. The van der Waals surface area contributed by atoms with Crippen molar-refractivity contribution in [2.45, 2.75) is 271 Å². The van der Waals surface area contributed by atoms with Gasteiger partial charge in [-0.2, -0.15) is 0 Å². The summed E-state index contributed by atoms with van der Waals surface area (Å²) >= 11 is 0. The van der Waals surface area contributed by atoms with E-state index in [1.165, 1.54) is 205 Å². The van der Waals surface area contributed by atoms with Gasteiger partial charge in [0.25, 0.3) is 0 Å². The van der Waals surface area contributed by atoms with Crippen LogP contribution in [-0.4, -0.2) is 22.4 Å². The zero-order chi connectivity index (χ0) is 33.6. The van der Waals surface area contributed by atoms with Gasteiger partial charge >= 0.3 is 0 Å². The van der Waals surface area contributed by atoms with Crippen LogP contribution in [0, 0.1) is 10.8 Å². The molecule has 0 aromatic heterocycles. The van der Waals surface area contributed by atoms with Gasteiger partial charge in [0.05, 0.1) is 12.2 Å². The predicted molar refractivity (Wildman–Crippen MR) is 206 cm³/mol. The molecular formula is C44H88O2. The van der Waals surface area contributed by atoms with E-state index in [-0.39, 0.29) is 23.0 Å². The lowest BCUT2D eigenvalue weighted by atomic mass is 9.42. The molecule has 2 heteroatoms. The van der Waals surface area contributed by atoms with Crippen molar-refractivity contribution in [1.29, 1.82) is 0 Å². The van der Waals surface area contributed by atoms with E-state index in [4.69, 9.17) is 0 Å². The highest BCUT2D eigenvalue weighted by molar-refractivity contribution is 5.17. The molecule has 1 rings (SSSR count). The standard InChI is InChI=1S/C44H88O2/c1-5-9-13-17-21-25-29-33-37-43(38-34-30-26-22-18-14-10-6-2)41(45)44(42(43)46,39-35-31-27-23-19-15-11-7-3)40-36-32-28-24-20-16-12-8-4/h41-42,45-46H,5-40H2,1-4H3. The van der Waals surface area contributed by atoms with Crippen LogP contribution in [0.5, 0.6) is 0 Å². The molecule has 0 saturated heterocycles. The normalized spacial score (nSPS) is 18.7. The highest BCUT2D eigenvalue weighted by atomic mass is 16.3. The fraction of sp³-hybridized carbons (Fsp3) is 1.00. The third-order valence-electron chi connectivity index (χ3n) is 12.2. The Labute approximate surface area is 291 Å². The lowest BCUT2D eigenvalue weighted by Crippen LogP contribution is -2.72. The molecule has 0 unspecified atom stereocenters. The lowest BCUT2D eigenvalue weighted by molar-refractivity contribution is -0.290. The summed E-state index contributed by atoms with van der Waals surface area (Å²) in [5.74, 6) is 0. The summed E-state index contributed by atoms with van der Waals surface area (Å²) < 4.78 is 0. The molecule has 1 fully saturated rings. The zero-order valence-electron chi connectivity index (χ0n) is 32.5. The Bertz CT molecular complexity index is 523. The van der Waals surface area contributed by atoms with Gasteiger partial charge in [0.1, 0.15) is 0 Å². The van der Waals surface area contributed by atoms with Crippen LogP contribution in [-0.2, 0) is 0 Å². The van der Waals surface area contributed by atoms with E-state index in [0.29, 0.717) is 0 Å². The maximum Gasteiger partial charge on any atom is 0.0702 e. The smallest absolute Gasteiger partial charge is 0.0702 e. The molecule has 1 aliphatic rings. The van der Waals surface area contributed by atoms with Crippen molar-refractivity contribution in [3.05, 3.63) is 0 Å². The number of hydrogen-bond acceptors (Lipinski definition) is 2. The number of hydrogen-bond donors (Lipinski definition) is 2. The summed E-state index contributed by atoms with van der Waals surface area (Å²) in [5, 5.41) is 24.6. The molecule has 1 aliphatic carbocycles. The Morgan fingerprint density at radius 2 is 0.413 bits per heavy atom. The Morgan fingerprint density at radius 3 is 0.587 bits per heavy atom. The fourth-order valence-corrected chi connectivity index (χ4v) is 9.04. The van der Waals surface area contributed by atoms with Crippen LogP contribution < -0.4 is 0 Å². The first kappa shape index (κ1) is 43.9. The monoisotopic (exact) mass is 649 g/mol. The second kappa shape index (κ2) is 29.8. The Balaban J connectivity index is 2.79. The zero-order valence-corrected chi connectivity index (χ0v) is 32.5. The average Bonchev–Trinajstić information content (AvgIpc) is 3.07. The van der Waals surface area contributed by atoms with Gasteiger partial charge in [-0.3, -0.25) is 0 Å². The minimum atomic E-state index is -0.307. The number of aliphatic hydroxyl groups is 2. The van der Waals surface area contributed by atoms with Gasteiger partial charge in [0.15, 0.2) is 0 Å². The van der Waals surface area contributed by atoms with E-state index >= 15 is 0 Å². The molecule has 0 amide bonds. The van der Waals surface area contributed by atoms with Crippen LogP contribution >= 0.6 is 0 Å². The van der Waals surface area contributed by atoms with Crippen LogP contribution in [0.1, 0.15) is 259 Å². The van der Waals surface area contributed by atoms with Gasteiger partial charge < -0.3 is 10.2 Å². The Kier molecular flexibility index (Phi) is 28.5. The molecule has 0 heterocycles. The van der Waals surface area contributed by atoms with Crippen LogP contribution in [0.15, 0.2) is 0 Å². The van der Waals surface area contributed by atoms with E-state index in [1.807, 2.05) is 0 Å². The predicted octanol–water partition coefficient (Wildman–Crippen LogP) is 14.8. The van der Waals surface area contributed by atoms with Gasteiger partial charge in [-0.05, 0) is 25.7 Å². The van der Waals surface area contributed by atoms with Crippen molar-refractivity contribution in [2.75, 3.05) is 0 Å². The van der Waals surface area contributed by atoms with Gasteiger partial charge in [0, 0.05) is 10.8 Å². The molecular weight excluding hydrogens is 560 g/mol. The highest BCUT2D eigenvalue weighted by Gasteiger charge is 2.68. The largest absolute Gasteiger partial charge is 0.392 e. The highest BCUT2D eigenvalue weighted by Crippen LogP contribution is 2.63. The summed E-state index contributed by atoms with van der Waals surface area (Å²) in [6, 6.07) is 0. The summed E-state index contributed by atoms with van der Waals surface area (Å²) in [7, 11) is 0. The summed E-state index contributed by atoms with van der Waals surface area (Å²) in [6.07, 6.45) is 45.9. The summed E-state index contributed by atoms with van der Waals surface area (Å²) in [6.45, 7) is 9.18. The first-order valence-electron chi connectivity index (χ1n) is 21.9. The van der Waals surface area contributed by atoms with E-state index in [0.717, 1.165) is 25.7 Å². The minimum absolute atomic E-state index is 0.245. The molecule has 0 aliphatic heterocycles. The van der Waals surface area contributed by atoms with Gasteiger partial charge in [-0.15, -0.1) is 0 Å². The van der Waals surface area contributed by atoms with Crippen molar-refractivity contribution < 1.29 is 10.2 Å². The third kappa shape index (κ3) is 17.5. The molecule has 0 atom stereocenters. The molecule has 2 N–H and O–H groups in total. The fourth-order valence-electron chi connectivity index (χ4n) is 9.04. The van der Waals surface area contributed by atoms with Gasteiger partial charge in [0.2, 0.25) is 0 Å². The SMILES string of the molecule is CCCCCCCCCCC1(CCCCCCCCCC)C(O)C(CCCCCCCCCC)(CCCCCCCCCC)C1O. The van der Waals surface area contributed by atoms with Crippen molar-refractivity contribution in [3.63, 3.8) is 0 Å². The molecule has 46 heavy (non-hydrogen) atoms. The van der Waals surface area contributed by atoms with E-state index in [2.05, 4.69) is 27.7 Å². The van der Waals surface area contributed by atoms with Crippen molar-refractivity contribution in [3.8, 4) is 0 Å².